The molecule has 0 spiro atoms. The molecule has 25 heavy (non-hydrogen) atoms. The molecule has 4 rings (SSSR count). The molecule has 1 aliphatic carbocycles. The zero-order valence-electron chi connectivity index (χ0n) is 13.4. The third-order valence-electron chi connectivity index (χ3n) is 4.37. The fourth-order valence-electron chi connectivity index (χ4n) is 3.21. The lowest BCUT2D eigenvalue weighted by Gasteiger charge is -2.17. The molecule has 0 N–H and O–H groups in total. The molecule has 3 aromatic rings. The summed E-state index contributed by atoms with van der Waals surface area (Å²) in [6, 6.07) is 15.9. The summed E-state index contributed by atoms with van der Waals surface area (Å²) in [5.41, 5.74) is 2.94. The standard InChI is InChI=1S/C20H13NO4/c1-25-18-11-14-6-2-5-13-8-15(10-17(19(13)14)20(18)22)12-4-3-7-16(9-12)21(23)24/h2-11H,1H3. The minimum absolute atomic E-state index is 0.0174. The van der Waals surface area contributed by atoms with Crippen molar-refractivity contribution in [2.24, 2.45) is 0 Å². The van der Waals surface area contributed by atoms with Crippen molar-refractivity contribution in [1.82, 2.24) is 0 Å². The number of hydrogen-bond acceptors (Lipinski definition) is 4. The van der Waals surface area contributed by atoms with Crippen molar-refractivity contribution in [1.29, 1.82) is 0 Å². The van der Waals surface area contributed by atoms with Crippen LogP contribution in [0.4, 0.5) is 5.69 Å². The molecule has 0 aromatic heterocycles. The van der Waals surface area contributed by atoms with Crippen LogP contribution in [-0.4, -0.2) is 17.8 Å². The summed E-state index contributed by atoms with van der Waals surface area (Å²) in [4.78, 5) is 23.3. The van der Waals surface area contributed by atoms with Crippen LogP contribution in [0, 0.1) is 10.1 Å². The van der Waals surface area contributed by atoms with Crippen molar-refractivity contribution in [2.75, 3.05) is 7.11 Å². The highest BCUT2D eigenvalue weighted by Crippen LogP contribution is 2.36. The molecule has 0 amide bonds. The van der Waals surface area contributed by atoms with E-state index in [-0.39, 0.29) is 17.2 Å². The van der Waals surface area contributed by atoms with E-state index in [9.17, 15) is 14.9 Å². The van der Waals surface area contributed by atoms with E-state index in [1.165, 1.54) is 19.2 Å². The quantitative estimate of drug-likeness (QED) is 0.519. The van der Waals surface area contributed by atoms with Gasteiger partial charge in [0.15, 0.2) is 5.76 Å². The molecule has 0 saturated heterocycles. The monoisotopic (exact) mass is 331 g/mol. The van der Waals surface area contributed by atoms with E-state index in [0.29, 0.717) is 11.1 Å². The number of allylic oxidation sites excluding steroid dienone is 1. The summed E-state index contributed by atoms with van der Waals surface area (Å²) in [5, 5.41) is 12.8. The molecule has 1 aliphatic rings. The molecular weight excluding hydrogens is 318 g/mol. The molecule has 0 aliphatic heterocycles. The summed E-state index contributed by atoms with van der Waals surface area (Å²) >= 11 is 0. The van der Waals surface area contributed by atoms with Gasteiger partial charge in [0.2, 0.25) is 5.78 Å². The van der Waals surface area contributed by atoms with Gasteiger partial charge in [-0.2, -0.15) is 0 Å². The molecule has 0 fully saturated rings. The van der Waals surface area contributed by atoms with Crippen molar-refractivity contribution < 1.29 is 14.5 Å². The number of Topliss-reactive ketones (excluding diaryl/α,β-unsaturated/α-hetero) is 1. The Kier molecular flexibility index (Phi) is 3.35. The zero-order valence-corrected chi connectivity index (χ0v) is 13.4. The number of benzene rings is 3. The largest absolute Gasteiger partial charge is 0.493 e. The van der Waals surface area contributed by atoms with Gasteiger partial charge in [0.05, 0.1) is 12.0 Å². The predicted molar refractivity (Wildman–Crippen MR) is 95.4 cm³/mol. The second kappa shape index (κ2) is 5.56. The first kappa shape index (κ1) is 15.1. The lowest BCUT2D eigenvalue weighted by Crippen LogP contribution is -2.10. The Morgan fingerprint density at radius 2 is 1.80 bits per heavy atom. The average Bonchev–Trinajstić information content (AvgIpc) is 2.64. The van der Waals surface area contributed by atoms with E-state index >= 15 is 0 Å². The van der Waals surface area contributed by atoms with Gasteiger partial charge in [0.25, 0.3) is 5.69 Å². The number of nitro groups is 1. The Morgan fingerprint density at radius 3 is 2.56 bits per heavy atom. The highest BCUT2D eigenvalue weighted by molar-refractivity contribution is 6.22. The molecular formula is C20H13NO4. The van der Waals surface area contributed by atoms with Gasteiger partial charge in [0.1, 0.15) is 0 Å². The fraction of sp³-hybridized carbons (Fsp3) is 0.0500. The smallest absolute Gasteiger partial charge is 0.270 e. The van der Waals surface area contributed by atoms with E-state index in [1.807, 2.05) is 24.3 Å². The van der Waals surface area contributed by atoms with Crippen molar-refractivity contribution in [3.8, 4) is 11.1 Å². The first-order valence-corrected chi connectivity index (χ1v) is 7.70. The van der Waals surface area contributed by atoms with Gasteiger partial charge >= 0.3 is 0 Å². The number of non-ortho nitro benzene ring substituents is 1. The summed E-state index contributed by atoms with van der Waals surface area (Å²) in [6.07, 6.45) is 1.74. The number of carbonyl (C=O) groups is 1. The number of hydrogen-bond donors (Lipinski definition) is 0. The minimum atomic E-state index is -0.427. The Hall–Kier alpha value is -3.47. The average molecular weight is 331 g/mol. The summed E-state index contributed by atoms with van der Waals surface area (Å²) in [5.74, 6) is 0.106. The van der Waals surface area contributed by atoms with Crippen LogP contribution < -0.4 is 0 Å². The van der Waals surface area contributed by atoms with Crippen LogP contribution in [-0.2, 0) is 4.74 Å². The van der Waals surface area contributed by atoms with Crippen LogP contribution in [0.25, 0.3) is 28.0 Å². The number of methoxy groups -OCH3 is 1. The third kappa shape index (κ3) is 2.37. The van der Waals surface area contributed by atoms with Crippen LogP contribution in [0.2, 0.25) is 0 Å². The normalized spacial score (nSPS) is 12.8. The molecule has 3 aromatic carbocycles. The number of nitrogens with zero attached hydrogens (tertiary/aromatic N) is 1. The summed E-state index contributed by atoms with van der Waals surface area (Å²) in [6.45, 7) is 0. The molecule has 0 bridgehead atoms. The zero-order chi connectivity index (χ0) is 17.6. The highest BCUT2D eigenvalue weighted by Gasteiger charge is 2.23. The SMILES string of the molecule is COC1=Cc2cccc3cc(-c4cccc([N+](=O)[O-])c4)cc(c23)C1=O. The van der Waals surface area contributed by atoms with Gasteiger partial charge in [-0.15, -0.1) is 0 Å². The van der Waals surface area contributed by atoms with Crippen LogP contribution in [0.5, 0.6) is 0 Å². The maximum atomic E-state index is 12.7. The van der Waals surface area contributed by atoms with E-state index in [1.54, 1.807) is 24.3 Å². The topological polar surface area (TPSA) is 69.4 Å². The fourth-order valence-corrected chi connectivity index (χ4v) is 3.21. The van der Waals surface area contributed by atoms with Gasteiger partial charge in [-0.3, -0.25) is 14.9 Å². The Morgan fingerprint density at radius 1 is 1.00 bits per heavy atom. The molecule has 0 heterocycles. The van der Waals surface area contributed by atoms with Crippen molar-refractivity contribution in [3.63, 3.8) is 0 Å². The Labute approximate surface area is 143 Å². The minimum Gasteiger partial charge on any atom is -0.493 e. The number of carbonyl (C=O) groups excluding carboxylic acids is 1. The molecule has 0 unspecified atom stereocenters. The summed E-state index contributed by atoms with van der Waals surface area (Å²) in [7, 11) is 1.47. The van der Waals surface area contributed by atoms with E-state index in [2.05, 4.69) is 0 Å². The van der Waals surface area contributed by atoms with Crippen molar-refractivity contribution in [3.05, 3.63) is 81.6 Å². The number of rotatable bonds is 3. The number of ether oxygens (including phenoxy) is 1. The van der Waals surface area contributed by atoms with Crippen LogP contribution >= 0.6 is 0 Å². The molecule has 0 atom stereocenters. The predicted octanol–water partition coefficient (Wildman–Crippen LogP) is 4.60. The second-order valence-corrected chi connectivity index (χ2v) is 5.82. The first-order chi connectivity index (χ1) is 12.1. The van der Waals surface area contributed by atoms with Gasteiger partial charge in [0, 0.05) is 23.1 Å². The maximum Gasteiger partial charge on any atom is 0.270 e. The third-order valence-corrected chi connectivity index (χ3v) is 4.37. The molecule has 122 valence electrons. The van der Waals surface area contributed by atoms with Gasteiger partial charge in [-0.05, 0) is 40.3 Å². The van der Waals surface area contributed by atoms with Crippen LogP contribution in [0.15, 0.2) is 60.4 Å². The van der Waals surface area contributed by atoms with Crippen molar-refractivity contribution in [2.45, 2.75) is 0 Å². The Balaban J connectivity index is 1.98. The molecule has 0 radical (unpaired) electrons. The maximum absolute atomic E-state index is 12.7. The van der Waals surface area contributed by atoms with Gasteiger partial charge < -0.3 is 4.74 Å². The van der Waals surface area contributed by atoms with Crippen LogP contribution in [0.1, 0.15) is 15.9 Å². The summed E-state index contributed by atoms with van der Waals surface area (Å²) < 4.78 is 5.21. The lowest BCUT2D eigenvalue weighted by molar-refractivity contribution is -0.384. The van der Waals surface area contributed by atoms with Gasteiger partial charge in [-0.25, -0.2) is 0 Å². The second-order valence-electron chi connectivity index (χ2n) is 5.82. The molecule has 0 saturated carbocycles. The molecule has 5 heteroatoms. The van der Waals surface area contributed by atoms with Gasteiger partial charge in [-0.1, -0.05) is 30.3 Å². The highest BCUT2D eigenvalue weighted by atomic mass is 16.6. The first-order valence-electron chi connectivity index (χ1n) is 7.70. The molecule has 5 nitrogen and oxygen atoms in total. The van der Waals surface area contributed by atoms with Crippen LogP contribution in [0.3, 0.4) is 0 Å². The Bertz CT molecular complexity index is 1080. The lowest BCUT2D eigenvalue weighted by atomic mass is 9.88. The van der Waals surface area contributed by atoms with E-state index in [0.717, 1.165) is 21.9 Å². The van der Waals surface area contributed by atoms with E-state index in [4.69, 9.17) is 4.74 Å². The number of nitro benzene ring substituents is 1. The van der Waals surface area contributed by atoms with E-state index < -0.39 is 4.92 Å². The van der Waals surface area contributed by atoms with Crippen molar-refractivity contribution >= 4 is 28.3 Å². The number of ketones is 1.